The van der Waals surface area contributed by atoms with Crippen molar-refractivity contribution in [3.05, 3.63) is 42.4 Å². The van der Waals surface area contributed by atoms with Gasteiger partial charge in [-0.25, -0.2) is 0 Å². The third kappa shape index (κ3) is 2.66. The smallest absolute Gasteiger partial charge is 0.256 e. The molecule has 0 fully saturated rings. The molecule has 1 amide bonds. The number of carbonyl (C=O) groups is 1. The van der Waals surface area contributed by atoms with Gasteiger partial charge in [0.1, 0.15) is 6.54 Å². The Morgan fingerprint density at radius 3 is 2.88 bits per heavy atom. The Morgan fingerprint density at radius 2 is 2.18 bits per heavy atom. The summed E-state index contributed by atoms with van der Waals surface area (Å²) < 4.78 is 1.45. The number of aromatic nitrogens is 3. The molecule has 6 nitrogen and oxygen atoms in total. The number of carbonyl (C=O) groups excluding carboxylic acids is 1. The van der Waals surface area contributed by atoms with Crippen molar-refractivity contribution in [1.29, 1.82) is 5.26 Å². The second-order valence-electron chi connectivity index (χ2n) is 3.25. The molecule has 0 aromatic carbocycles. The van der Waals surface area contributed by atoms with Gasteiger partial charge < -0.3 is 5.32 Å². The standard InChI is InChI=1S/C11H9N5O/c12-4-8-16-7-3-10(15-16)14-11(17)9-1-5-13-6-2-9/h1-3,5-7H,8H2,(H,14,15,17). The van der Waals surface area contributed by atoms with Crippen molar-refractivity contribution in [1.82, 2.24) is 14.8 Å². The number of hydrogen-bond acceptors (Lipinski definition) is 4. The van der Waals surface area contributed by atoms with Crippen LogP contribution < -0.4 is 5.32 Å². The van der Waals surface area contributed by atoms with Gasteiger partial charge in [-0.15, -0.1) is 0 Å². The van der Waals surface area contributed by atoms with E-state index < -0.39 is 0 Å². The van der Waals surface area contributed by atoms with Crippen LogP contribution in [0.25, 0.3) is 0 Å². The number of anilines is 1. The fraction of sp³-hybridized carbons (Fsp3) is 0.0909. The van der Waals surface area contributed by atoms with E-state index >= 15 is 0 Å². The molecule has 1 N–H and O–H groups in total. The van der Waals surface area contributed by atoms with Gasteiger partial charge in [-0.3, -0.25) is 14.5 Å². The summed E-state index contributed by atoms with van der Waals surface area (Å²) in [4.78, 5) is 15.6. The minimum atomic E-state index is -0.255. The first-order valence-corrected chi connectivity index (χ1v) is 4.91. The Hall–Kier alpha value is -2.68. The van der Waals surface area contributed by atoms with Crippen molar-refractivity contribution in [2.75, 3.05) is 5.32 Å². The molecule has 2 aromatic rings. The van der Waals surface area contributed by atoms with Crippen LogP contribution in [0, 0.1) is 11.3 Å². The van der Waals surface area contributed by atoms with Gasteiger partial charge in [-0.2, -0.15) is 10.4 Å². The summed E-state index contributed by atoms with van der Waals surface area (Å²) in [5.41, 5.74) is 0.509. The molecule has 2 rings (SSSR count). The lowest BCUT2D eigenvalue weighted by Gasteiger charge is -2.00. The molecule has 2 aromatic heterocycles. The largest absolute Gasteiger partial charge is 0.305 e. The number of nitrogens with one attached hydrogen (secondary N) is 1. The lowest BCUT2D eigenvalue weighted by molar-refractivity contribution is 0.102. The monoisotopic (exact) mass is 227 g/mol. The summed E-state index contributed by atoms with van der Waals surface area (Å²) in [6.07, 6.45) is 4.72. The predicted octanol–water partition coefficient (Wildman–Crippen LogP) is 1.05. The van der Waals surface area contributed by atoms with Crippen LogP contribution in [0.1, 0.15) is 10.4 Å². The first-order valence-electron chi connectivity index (χ1n) is 4.91. The number of rotatable bonds is 3. The Balaban J connectivity index is 2.06. The van der Waals surface area contributed by atoms with Crippen molar-refractivity contribution in [3.63, 3.8) is 0 Å². The van der Waals surface area contributed by atoms with Gasteiger partial charge in [0.25, 0.3) is 5.91 Å². The van der Waals surface area contributed by atoms with Crippen LogP contribution in [0.5, 0.6) is 0 Å². The van der Waals surface area contributed by atoms with Crippen molar-refractivity contribution >= 4 is 11.7 Å². The van der Waals surface area contributed by atoms with Gasteiger partial charge in [-0.05, 0) is 12.1 Å². The van der Waals surface area contributed by atoms with Crippen LogP contribution in [-0.4, -0.2) is 20.7 Å². The molecule has 2 heterocycles. The molecule has 17 heavy (non-hydrogen) atoms. The Bertz CT molecular complexity index is 555. The zero-order valence-electron chi connectivity index (χ0n) is 8.87. The lowest BCUT2D eigenvalue weighted by atomic mass is 10.2. The van der Waals surface area contributed by atoms with E-state index in [2.05, 4.69) is 15.4 Å². The van der Waals surface area contributed by atoms with E-state index in [4.69, 9.17) is 5.26 Å². The van der Waals surface area contributed by atoms with Crippen LogP contribution >= 0.6 is 0 Å². The summed E-state index contributed by atoms with van der Waals surface area (Å²) in [7, 11) is 0. The van der Waals surface area contributed by atoms with Gasteiger partial charge in [0, 0.05) is 30.2 Å². The number of nitrogens with zero attached hydrogens (tertiary/aromatic N) is 4. The molecule has 6 heteroatoms. The fourth-order valence-corrected chi connectivity index (χ4v) is 1.28. The maximum absolute atomic E-state index is 11.7. The zero-order valence-corrected chi connectivity index (χ0v) is 8.87. The van der Waals surface area contributed by atoms with E-state index in [-0.39, 0.29) is 12.5 Å². The first kappa shape index (κ1) is 10.8. The number of hydrogen-bond donors (Lipinski definition) is 1. The molecule has 0 radical (unpaired) electrons. The minimum absolute atomic E-state index is 0.158. The normalized spacial score (nSPS) is 9.59. The molecule has 0 aliphatic carbocycles. The Morgan fingerprint density at radius 1 is 1.41 bits per heavy atom. The third-order valence-corrected chi connectivity index (χ3v) is 2.06. The number of amides is 1. The molecule has 84 valence electrons. The van der Waals surface area contributed by atoms with E-state index in [0.29, 0.717) is 11.4 Å². The van der Waals surface area contributed by atoms with Gasteiger partial charge in [0.15, 0.2) is 5.82 Å². The van der Waals surface area contributed by atoms with Gasteiger partial charge in [-0.1, -0.05) is 0 Å². The molecule has 0 atom stereocenters. The van der Waals surface area contributed by atoms with E-state index in [1.54, 1.807) is 36.8 Å². The Kier molecular flexibility index (Phi) is 3.12. The summed E-state index contributed by atoms with van der Waals surface area (Å²) in [5, 5.41) is 15.1. The van der Waals surface area contributed by atoms with Crippen molar-refractivity contribution in [3.8, 4) is 6.07 Å². The average Bonchev–Trinajstić information content (AvgIpc) is 2.78. The van der Waals surface area contributed by atoms with Crippen molar-refractivity contribution in [2.24, 2.45) is 0 Å². The quantitative estimate of drug-likeness (QED) is 0.849. The van der Waals surface area contributed by atoms with Crippen molar-refractivity contribution < 1.29 is 4.79 Å². The number of pyridine rings is 1. The van der Waals surface area contributed by atoms with Gasteiger partial charge in [0.05, 0.1) is 6.07 Å². The maximum atomic E-state index is 11.7. The molecular formula is C11H9N5O. The second-order valence-corrected chi connectivity index (χ2v) is 3.25. The van der Waals surface area contributed by atoms with Crippen LogP contribution in [0.15, 0.2) is 36.8 Å². The highest BCUT2D eigenvalue weighted by molar-refractivity contribution is 6.03. The Labute approximate surface area is 97.5 Å². The molecule has 0 spiro atoms. The highest BCUT2D eigenvalue weighted by atomic mass is 16.1. The molecule has 0 aliphatic heterocycles. The summed E-state index contributed by atoms with van der Waals surface area (Å²) in [6.45, 7) is 0.158. The fourth-order valence-electron chi connectivity index (χ4n) is 1.28. The van der Waals surface area contributed by atoms with Crippen molar-refractivity contribution in [2.45, 2.75) is 6.54 Å². The zero-order chi connectivity index (χ0) is 12.1. The lowest BCUT2D eigenvalue weighted by Crippen LogP contribution is -2.12. The summed E-state index contributed by atoms with van der Waals surface area (Å²) in [5.74, 6) is 0.164. The van der Waals surface area contributed by atoms with Crippen LogP contribution in [0.4, 0.5) is 5.82 Å². The van der Waals surface area contributed by atoms with E-state index in [1.165, 1.54) is 4.68 Å². The highest BCUT2D eigenvalue weighted by Gasteiger charge is 2.06. The molecule has 0 saturated heterocycles. The SMILES string of the molecule is N#CCn1ccc(NC(=O)c2ccncc2)n1. The van der Waals surface area contributed by atoms with E-state index in [0.717, 1.165) is 0 Å². The van der Waals surface area contributed by atoms with E-state index in [1.807, 2.05) is 6.07 Å². The second kappa shape index (κ2) is 4.90. The van der Waals surface area contributed by atoms with Crippen LogP contribution in [0.3, 0.4) is 0 Å². The van der Waals surface area contributed by atoms with Gasteiger partial charge >= 0.3 is 0 Å². The third-order valence-electron chi connectivity index (χ3n) is 2.06. The summed E-state index contributed by atoms with van der Waals surface area (Å²) >= 11 is 0. The topological polar surface area (TPSA) is 83.6 Å². The highest BCUT2D eigenvalue weighted by Crippen LogP contribution is 2.05. The van der Waals surface area contributed by atoms with Gasteiger partial charge in [0.2, 0.25) is 0 Å². The minimum Gasteiger partial charge on any atom is -0.305 e. The maximum Gasteiger partial charge on any atom is 0.256 e. The first-order chi connectivity index (χ1) is 8.29. The van der Waals surface area contributed by atoms with Crippen LogP contribution in [-0.2, 0) is 6.54 Å². The van der Waals surface area contributed by atoms with E-state index in [9.17, 15) is 4.79 Å². The average molecular weight is 227 g/mol. The molecule has 0 bridgehead atoms. The molecular weight excluding hydrogens is 218 g/mol. The molecule has 0 unspecified atom stereocenters. The predicted molar refractivity (Wildman–Crippen MR) is 60.0 cm³/mol. The number of nitriles is 1. The van der Waals surface area contributed by atoms with Crippen LogP contribution in [0.2, 0.25) is 0 Å². The molecule has 0 aliphatic rings. The molecule has 0 saturated carbocycles. The summed E-state index contributed by atoms with van der Waals surface area (Å²) in [6, 6.07) is 6.82.